The largest absolute Gasteiger partial charge is 0.573 e. The Balaban J connectivity index is 1.83. The lowest BCUT2D eigenvalue weighted by Gasteiger charge is -2.37. The first-order valence-corrected chi connectivity index (χ1v) is 13.8. The zero-order valence-electron chi connectivity index (χ0n) is 24.0. The lowest BCUT2D eigenvalue weighted by atomic mass is 9.77. The fourth-order valence-corrected chi connectivity index (χ4v) is 5.17. The summed E-state index contributed by atoms with van der Waals surface area (Å²) in [5.41, 5.74) is -1.07. The van der Waals surface area contributed by atoms with E-state index in [1.165, 1.54) is 43.5 Å². The summed E-state index contributed by atoms with van der Waals surface area (Å²) in [5.74, 6) is -1.52. The van der Waals surface area contributed by atoms with Crippen LogP contribution in [0.1, 0.15) is 42.4 Å². The number of rotatable bonds is 11. The Morgan fingerprint density at radius 3 is 1.80 bits per heavy atom. The Bertz CT molecular complexity index is 1400. The summed E-state index contributed by atoms with van der Waals surface area (Å²) >= 11 is 0. The van der Waals surface area contributed by atoms with Crippen LogP contribution in [0.15, 0.2) is 72.8 Å². The van der Waals surface area contributed by atoms with Crippen LogP contribution >= 0.6 is 0 Å². The lowest BCUT2D eigenvalue weighted by molar-refractivity contribution is -0.275. The second-order valence-electron chi connectivity index (χ2n) is 10.3. The molecule has 0 atom stereocenters. The van der Waals surface area contributed by atoms with Gasteiger partial charge >= 0.3 is 24.7 Å². The molecule has 0 radical (unpaired) electrons. The molecule has 0 saturated heterocycles. The van der Waals surface area contributed by atoms with Gasteiger partial charge in [0.05, 0.1) is 12.6 Å². The standard InChI is InChI=1S/C31H30F6N2O6/c1-42-27(40)19-43-24-14-12-20(13-15-24)18-29(39-28(41)38-23-8-2-3-9-23,21-6-4-10-25(16-21)44-30(32,33)34)22-7-5-11-26(17-22)45-31(35,36)37/h4-7,10-17,23H,2-3,8-9,18-19H2,1H3,(H2,38,39,41). The van der Waals surface area contributed by atoms with Gasteiger partial charge in [0.25, 0.3) is 0 Å². The molecule has 4 rings (SSSR count). The van der Waals surface area contributed by atoms with Gasteiger partial charge in [0.2, 0.25) is 0 Å². The van der Waals surface area contributed by atoms with E-state index in [0.717, 1.165) is 49.9 Å². The number of hydrogen-bond donors (Lipinski definition) is 2. The zero-order chi connectivity index (χ0) is 32.7. The molecule has 14 heteroatoms. The van der Waals surface area contributed by atoms with Crippen LogP contribution in [0.5, 0.6) is 17.2 Å². The van der Waals surface area contributed by atoms with Gasteiger partial charge in [0.15, 0.2) is 6.61 Å². The summed E-state index contributed by atoms with van der Waals surface area (Å²) in [6, 6.07) is 15.1. The maximum atomic E-state index is 13.5. The molecule has 45 heavy (non-hydrogen) atoms. The number of methoxy groups -OCH3 is 1. The maximum Gasteiger partial charge on any atom is 0.573 e. The topological polar surface area (TPSA) is 95.1 Å². The lowest BCUT2D eigenvalue weighted by Crippen LogP contribution is -2.53. The molecule has 1 aliphatic carbocycles. The number of hydrogen-bond acceptors (Lipinski definition) is 6. The fraction of sp³-hybridized carbons (Fsp3) is 0.355. The number of carbonyl (C=O) groups is 2. The highest BCUT2D eigenvalue weighted by Crippen LogP contribution is 2.38. The Labute approximate surface area is 254 Å². The van der Waals surface area contributed by atoms with E-state index in [2.05, 4.69) is 24.8 Å². The first-order chi connectivity index (χ1) is 21.2. The van der Waals surface area contributed by atoms with Gasteiger partial charge in [0.1, 0.15) is 17.2 Å². The predicted octanol–water partition coefficient (Wildman–Crippen LogP) is 6.76. The van der Waals surface area contributed by atoms with E-state index in [4.69, 9.17) is 4.74 Å². The number of urea groups is 1. The first kappa shape index (κ1) is 33.3. The summed E-state index contributed by atoms with van der Waals surface area (Å²) < 4.78 is 97.4. The summed E-state index contributed by atoms with van der Waals surface area (Å²) in [7, 11) is 1.20. The molecule has 1 saturated carbocycles. The van der Waals surface area contributed by atoms with Crippen molar-refractivity contribution in [2.45, 2.75) is 56.4 Å². The molecule has 1 fully saturated rings. The van der Waals surface area contributed by atoms with Crippen molar-refractivity contribution in [3.8, 4) is 17.2 Å². The van der Waals surface area contributed by atoms with Crippen molar-refractivity contribution in [2.75, 3.05) is 13.7 Å². The summed E-state index contributed by atoms with van der Waals surface area (Å²) in [4.78, 5) is 25.0. The van der Waals surface area contributed by atoms with Crippen molar-refractivity contribution in [1.82, 2.24) is 10.6 Å². The van der Waals surface area contributed by atoms with Gasteiger partial charge in [0, 0.05) is 12.5 Å². The highest BCUT2D eigenvalue weighted by molar-refractivity contribution is 5.76. The quantitative estimate of drug-likeness (QED) is 0.178. The van der Waals surface area contributed by atoms with E-state index in [1.54, 1.807) is 12.1 Å². The normalized spacial score (nSPS) is 14.0. The van der Waals surface area contributed by atoms with E-state index in [1.807, 2.05) is 0 Å². The van der Waals surface area contributed by atoms with Gasteiger partial charge in [-0.2, -0.15) is 0 Å². The predicted molar refractivity (Wildman–Crippen MR) is 149 cm³/mol. The van der Waals surface area contributed by atoms with Gasteiger partial charge in [-0.1, -0.05) is 49.2 Å². The molecule has 3 aromatic rings. The number of alkyl halides is 6. The maximum absolute atomic E-state index is 13.5. The van der Waals surface area contributed by atoms with E-state index >= 15 is 0 Å². The van der Waals surface area contributed by atoms with Crippen LogP contribution in [-0.4, -0.2) is 44.5 Å². The first-order valence-electron chi connectivity index (χ1n) is 13.8. The number of halogens is 6. The zero-order valence-corrected chi connectivity index (χ0v) is 24.0. The molecule has 3 aromatic carbocycles. The van der Waals surface area contributed by atoms with Crippen LogP contribution in [0.4, 0.5) is 31.1 Å². The Morgan fingerprint density at radius 1 is 0.778 bits per heavy atom. The van der Waals surface area contributed by atoms with Crippen molar-refractivity contribution in [3.63, 3.8) is 0 Å². The van der Waals surface area contributed by atoms with Crippen LogP contribution in [-0.2, 0) is 21.5 Å². The van der Waals surface area contributed by atoms with E-state index in [9.17, 15) is 35.9 Å². The molecule has 0 heterocycles. The molecule has 2 N–H and O–H groups in total. The van der Waals surface area contributed by atoms with Crippen molar-refractivity contribution in [2.24, 2.45) is 0 Å². The third-order valence-electron chi connectivity index (χ3n) is 7.12. The van der Waals surface area contributed by atoms with Gasteiger partial charge in [-0.3, -0.25) is 0 Å². The number of nitrogens with one attached hydrogen (secondary N) is 2. The molecular weight excluding hydrogens is 610 g/mol. The second-order valence-corrected chi connectivity index (χ2v) is 10.3. The number of benzene rings is 3. The van der Waals surface area contributed by atoms with Crippen LogP contribution in [0.2, 0.25) is 0 Å². The van der Waals surface area contributed by atoms with E-state index in [0.29, 0.717) is 11.3 Å². The molecule has 2 amide bonds. The molecule has 8 nitrogen and oxygen atoms in total. The smallest absolute Gasteiger partial charge is 0.482 e. The molecule has 0 unspecified atom stereocenters. The summed E-state index contributed by atoms with van der Waals surface area (Å²) in [6.45, 7) is -0.360. The molecule has 242 valence electrons. The minimum atomic E-state index is -5.03. The number of amides is 2. The molecule has 1 aliphatic rings. The average Bonchev–Trinajstić information content (AvgIpc) is 3.47. The molecule has 0 aliphatic heterocycles. The Hall–Kier alpha value is -4.62. The fourth-order valence-electron chi connectivity index (χ4n) is 5.17. The number of esters is 1. The van der Waals surface area contributed by atoms with E-state index < -0.39 is 41.8 Å². The number of ether oxygens (including phenoxy) is 4. The molecule has 0 spiro atoms. The minimum Gasteiger partial charge on any atom is -0.482 e. The Morgan fingerprint density at radius 2 is 1.31 bits per heavy atom. The highest BCUT2D eigenvalue weighted by Gasteiger charge is 2.40. The highest BCUT2D eigenvalue weighted by atomic mass is 19.4. The van der Waals surface area contributed by atoms with Gasteiger partial charge in [-0.25, -0.2) is 9.59 Å². The SMILES string of the molecule is COC(=O)COc1ccc(CC(NC(=O)NC2CCCC2)(c2cccc(OC(F)(F)F)c2)c2cccc(OC(F)(F)F)c2)cc1. The Kier molecular flexibility index (Phi) is 10.3. The van der Waals surface area contributed by atoms with Crippen LogP contribution in [0.25, 0.3) is 0 Å². The third kappa shape index (κ3) is 9.68. The van der Waals surface area contributed by atoms with Gasteiger partial charge < -0.3 is 29.6 Å². The van der Waals surface area contributed by atoms with E-state index in [-0.39, 0.29) is 30.2 Å². The van der Waals surface area contributed by atoms with Crippen LogP contribution in [0.3, 0.4) is 0 Å². The van der Waals surface area contributed by atoms with Gasteiger partial charge in [-0.05, 0) is 65.9 Å². The van der Waals surface area contributed by atoms with Crippen molar-refractivity contribution < 1.29 is 54.9 Å². The monoisotopic (exact) mass is 640 g/mol. The van der Waals surface area contributed by atoms with Crippen molar-refractivity contribution >= 4 is 12.0 Å². The van der Waals surface area contributed by atoms with Crippen LogP contribution in [0, 0.1) is 0 Å². The molecular formula is C31H30F6N2O6. The summed E-state index contributed by atoms with van der Waals surface area (Å²) in [5, 5.41) is 5.74. The summed E-state index contributed by atoms with van der Waals surface area (Å²) in [6.07, 6.45) is -6.98. The van der Waals surface area contributed by atoms with Gasteiger partial charge in [-0.15, -0.1) is 26.3 Å². The van der Waals surface area contributed by atoms with Crippen molar-refractivity contribution in [3.05, 3.63) is 89.5 Å². The van der Waals surface area contributed by atoms with Crippen LogP contribution < -0.4 is 24.8 Å². The number of carbonyl (C=O) groups excluding carboxylic acids is 2. The van der Waals surface area contributed by atoms with Crippen molar-refractivity contribution in [1.29, 1.82) is 0 Å². The minimum absolute atomic E-state index is 0.0843. The third-order valence-corrected chi connectivity index (χ3v) is 7.12. The average molecular weight is 641 g/mol. The molecule has 0 aromatic heterocycles. The molecule has 0 bridgehead atoms. The second kappa shape index (κ2) is 14.0.